The number of carbonyl (C=O) groups excluding carboxylic acids is 1. The number of halogens is 1. The summed E-state index contributed by atoms with van der Waals surface area (Å²) in [5.41, 5.74) is 0.802. The van der Waals surface area contributed by atoms with Crippen LogP contribution in [0.15, 0.2) is 53.1 Å². The van der Waals surface area contributed by atoms with E-state index < -0.39 is 4.92 Å². The van der Waals surface area contributed by atoms with Gasteiger partial charge in [0, 0.05) is 24.2 Å². The van der Waals surface area contributed by atoms with Crippen molar-refractivity contribution in [2.45, 2.75) is 13.5 Å². The molecule has 0 N–H and O–H groups in total. The van der Waals surface area contributed by atoms with Gasteiger partial charge in [-0.2, -0.15) is 4.98 Å². The average Bonchev–Trinajstić information content (AvgIpc) is 3.15. The van der Waals surface area contributed by atoms with Crippen molar-refractivity contribution in [3.63, 3.8) is 0 Å². The van der Waals surface area contributed by atoms with Crippen molar-refractivity contribution in [1.29, 1.82) is 0 Å². The fourth-order valence-corrected chi connectivity index (χ4v) is 2.73. The average molecular weight is 387 g/mol. The van der Waals surface area contributed by atoms with Crippen LogP contribution in [0.25, 0.3) is 11.4 Å². The Morgan fingerprint density at radius 3 is 2.63 bits per heavy atom. The Morgan fingerprint density at radius 2 is 2.00 bits per heavy atom. The summed E-state index contributed by atoms with van der Waals surface area (Å²) in [6.07, 6.45) is 0. The van der Waals surface area contributed by atoms with Crippen LogP contribution >= 0.6 is 11.6 Å². The number of benzene rings is 2. The Kier molecular flexibility index (Phi) is 5.46. The molecule has 0 saturated carbocycles. The number of hydrogen-bond donors (Lipinski definition) is 0. The van der Waals surface area contributed by atoms with Crippen LogP contribution in [0.2, 0.25) is 5.02 Å². The first kappa shape index (κ1) is 18.5. The molecule has 0 aliphatic carbocycles. The van der Waals surface area contributed by atoms with E-state index in [1.54, 1.807) is 6.92 Å². The van der Waals surface area contributed by atoms with Crippen LogP contribution < -0.4 is 0 Å². The van der Waals surface area contributed by atoms with E-state index in [4.69, 9.17) is 16.1 Å². The molecular weight excluding hydrogens is 372 g/mol. The van der Waals surface area contributed by atoms with E-state index in [-0.39, 0.29) is 34.6 Å². The minimum Gasteiger partial charge on any atom is -0.337 e. The second kappa shape index (κ2) is 7.96. The van der Waals surface area contributed by atoms with Gasteiger partial charge in [0.25, 0.3) is 11.6 Å². The van der Waals surface area contributed by atoms with Gasteiger partial charge in [-0.25, -0.2) is 0 Å². The summed E-state index contributed by atoms with van der Waals surface area (Å²) in [6.45, 7) is 2.27. The second-order valence-corrected chi connectivity index (χ2v) is 6.03. The summed E-state index contributed by atoms with van der Waals surface area (Å²) < 4.78 is 5.24. The molecule has 0 radical (unpaired) electrons. The number of nitro groups is 1. The number of amides is 1. The standard InChI is InChI=1S/C18H15ClN4O4/c1-2-22(18(24)14-9-8-13(23(25)26)10-15(14)19)11-16-20-17(21-27-16)12-6-4-3-5-7-12/h3-10H,2,11H2,1H3. The summed E-state index contributed by atoms with van der Waals surface area (Å²) >= 11 is 6.05. The third-order valence-electron chi connectivity index (χ3n) is 3.89. The zero-order chi connectivity index (χ0) is 19.4. The molecule has 0 aliphatic heterocycles. The zero-order valence-electron chi connectivity index (χ0n) is 14.3. The van der Waals surface area contributed by atoms with Crippen molar-refractivity contribution < 1.29 is 14.2 Å². The highest BCUT2D eigenvalue weighted by molar-refractivity contribution is 6.34. The third-order valence-corrected chi connectivity index (χ3v) is 4.20. The van der Waals surface area contributed by atoms with Crippen molar-refractivity contribution in [3.8, 4) is 11.4 Å². The Labute approximate surface area is 159 Å². The van der Waals surface area contributed by atoms with Gasteiger partial charge in [-0.3, -0.25) is 14.9 Å². The number of hydrogen-bond acceptors (Lipinski definition) is 6. The first-order valence-corrected chi connectivity index (χ1v) is 8.48. The molecule has 0 aliphatic rings. The summed E-state index contributed by atoms with van der Waals surface area (Å²) in [4.78, 5) is 28.8. The van der Waals surface area contributed by atoms with Crippen molar-refractivity contribution >= 4 is 23.2 Å². The van der Waals surface area contributed by atoms with Crippen molar-refractivity contribution in [2.75, 3.05) is 6.54 Å². The summed E-state index contributed by atoms with van der Waals surface area (Å²) in [7, 11) is 0. The van der Waals surface area contributed by atoms with Crippen LogP contribution in [0.4, 0.5) is 5.69 Å². The predicted octanol–water partition coefficient (Wildman–Crippen LogP) is 3.96. The molecule has 2 aromatic carbocycles. The molecule has 3 rings (SSSR count). The van der Waals surface area contributed by atoms with E-state index in [0.29, 0.717) is 12.4 Å². The molecule has 9 heteroatoms. The number of carbonyl (C=O) groups is 1. The van der Waals surface area contributed by atoms with E-state index >= 15 is 0 Å². The van der Waals surface area contributed by atoms with Crippen molar-refractivity contribution in [3.05, 3.63) is 75.1 Å². The lowest BCUT2D eigenvalue weighted by Crippen LogP contribution is -2.30. The molecule has 138 valence electrons. The monoisotopic (exact) mass is 386 g/mol. The zero-order valence-corrected chi connectivity index (χ0v) is 15.1. The van der Waals surface area contributed by atoms with Gasteiger partial charge in [-0.05, 0) is 13.0 Å². The second-order valence-electron chi connectivity index (χ2n) is 5.62. The Hall–Kier alpha value is -3.26. The van der Waals surface area contributed by atoms with Crippen LogP contribution in [0.1, 0.15) is 23.2 Å². The van der Waals surface area contributed by atoms with Crippen LogP contribution in [0, 0.1) is 10.1 Å². The maximum atomic E-state index is 12.7. The van der Waals surface area contributed by atoms with Gasteiger partial charge < -0.3 is 9.42 Å². The van der Waals surface area contributed by atoms with Gasteiger partial charge >= 0.3 is 0 Å². The number of non-ortho nitro benzene ring substituents is 1. The third kappa shape index (κ3) is 4.12. The van der Waals surface area contributed by atoms with E-state index in [2.05, 4.69) is 10.1 Å². The number of aromatic nitrogens is 2. The van der Waals surface area contributed by atoms with Crippen LogP contribution in [-0.4, -0.2) is 32.4 Å². The minimum atomic E-state index is -0.568. The highest BCUT2D eigenvalue weighted by atomic mass is 35.5. The van der Waals surface area contributed by atoms with Crippen molar-refractivity contribution in [1.82, 2.24) is 15.0 Å². The quantitative estimate of drug-likeness (QED) is 0.469. The lowest BCUT2D eigenvalue weighted by atomic mass is 10.1. The molecule has 8 nitrogen and oxygen atoms in total. The van der Waals surface area contributed by atoms with Gasteiger partial charge in [0.2, 0.25) is 11.7 Å². The topological polar surface area (TPSA) is 102 Å². The fourth-order valence-electron chi connectivity index (χ4n) is 2.48. The SMILES string of the molecule is CCN(Cc1nc(-c2ccccc2)no1)C(=O)c1ccc([N+](=O)[O-])cc1Cl. The molecule has 1 amide bonds. The molecule has 3 aromatic rings. The Bertz CT molecular complexity index is 975. The van der Waals surface area contributed by atoms with Crippen molar-refractivity contribution in [2.24, 2.45) is 0 Å². The molecule has 0 unspecified atom stereocenters. The summed E-state index contributed by atoms with van der Waals surface area (Å²) in [5.74, 6) is 0.335. The lowest BCUT2D eigenvalue weighted by Gasteiger charge is -2.19. The first-order chi connectivity index (χ1) is 13.0. The molecular formula is C18H15ClN4O4. The largest absolute Gasteiger partial charge is 0.337 e. The molecule has 0 saturated heterocycles. The molecule has 27 heavy (non-hydrogen) atoms. The molecule has 0 atom stereocenters. The number of nitrogens with zero attached hydrogens (tertiary/aromatic N) is 4. The Balaban J connectivity index is 1.78. The minimum absolute atomic E-state index is 0.0168. The van der Waals surface area contributed by atoms with Gasteiger partial charge in [0.05, 0.1) is 15.5 Å². The van der Waals surface area contributed by atoms with Crippen LogP contribution in [0.3, 0.4) is 0 Å². The van der Waals surface area contributed by atoms with E-state index in [1.165, 1.54) is 17.0 Å². The van der Waals surface area contributed by atoms with E-state index in [9.17, 15) is 14.9 Å². The lowest BCUT2D eigenvalue weighted by molar-refractivity contribution is -0.384. The maximum Gasteiger partial charge on any atom is 0.270 e. The van der Waals surface area contributed by atoms with Gasteiger partial charge in [0.1, 0.15) is 6.54 Å². The molecule has 1 aromatic heterocycles. The van der Waals surface area contributed by atoms with Crippen LogP contribution in [-0.2, 0) is 6.54 Å². The summed E-state index contributed by atoms with van der Waals surface area (Å²) in [6, 6.07) is 13.1. The molecule has 0 bridgehead atoms. The highest BCUT2D eigenvalue weighted by Crippen LogP contribution is 2.24. The summed E-state index contributed by atoms with van der Waals surface area (Å²) in [5, 5.41) is 14.8. The van der Waals surface area contributed by atoms with Gasteiger partial charge in [-0.1, -0.05) is 47.1 Å². The van der Waals surface area contributed by atoms with Crippen LogP contribution in [0.5, 0.6) is 0 Å². The number of nitro benzene ring substituents is 1. The fraction of sp³-hybridized carbons (Fsp3) is 0.167. The van der Waals surface area contributed by atoms with E-state index in [1.807, 2.05) is 30.3 Å². The number of rotatable bonds is 6. The maximum absolute atomic E-state index is 12.7. The van der Waals surface area contributed by atoms with Gasteiger partial charge in [0.15, 0.2) is 0 Å². The first-order valence-electron chi connectivity index (χ1n) is 8.10. The molecule has 0 fully saturated rings. The highest BCUT2D eigenvalue weighted by Gasteiger charge is 2.22. The Morgan fingerprint density at radius 1 is 1.26 bits per heavy atom. The normalized spacial score (nSPS) is 10.6. The predicted molar refractivity (Wildman–Crippen MR) is 98.3 cm³/mol. The van der Waals surface area contributed by atoms with Gasteiger partial charge in [-0.15, -0.1) is 0 Å². The van der Waals surface area contributed by atoms with E-state index in [0.717, 1.165) is 11.6 Å². The smallest absolute Gasteiger partial charge is 0.270 e. The molecule has 1 heterocycles. The molecule has 0 spiro atoms.